The summed E-state index contributed by atoms with van der Waals surface area (Å²) < 4.78 is 11.1. The lowest BCUT2D eigenvalue weighted by molar-refractivity contribution is 0.215. The normalized spacial score (nSPS) is 12.0. The maximum atomic E-state index is 11.2. The molecule has 1 heterocycles. The lowest BCUT2D eigenvalue weighted by Gasteiger charge is -2.24. The van der Waals surface area contributed by atoms with Crippen molar-refractivity contribution in [2.45, 2.75) is 19.3 Å². The molecule has 0 saturated heterocycles. The second kappa shape index (κ2) is 4.16. The standard InChI is InChI=1S/C12H14O4S/c1-12(2,6-13)7-4-9-10(5-8(7)15-3)17-11(14)16-9/h4-5,13H,6H2,1-3H3. The summed E-state index contributed by atoms with van der Waals surface area (Å²) in [6.07, 6.45) is 0. The topological polar surface area (TPSA) is 59.7 Å². The van der Waals surface area contributed by atoms with Crippen LogP contribution < -0.4 is 9.68 Å². The maximum Gasteiger partial charge on any atom is 0.396 e. The highest BCUT2D eigenvalue weighted by Crippen LogP contribution is 2.35. The van der Waals surface area contributed by atoms with Crippen molar-refractivity contribution in [2.24, 2.45) is 0 Å². The number of rotatable bonds is 3. The summed E-state index contributed by atoms with van der Waals surface area (Å²) in [5, 5.41) is 9.40. The van der Waals surface area contributed by atoms with Crippen LogP contribution in [0, 0.1) is 0 Å². The molecule has 0 radical (unpaired) electrons. The Kier molecular flexibility index (Phi) is 2.97. The quantitative estimate of drug-likeness (QED) is 0.911. The van der Waals surface area contributed by atoms with Gasteiger partial charge in [-0.15, -0.1) is 0 Å². The summed E-state index contributed by atoms with van der Waals surface area (Å²) in [5.41, 5.74) is 0.925. The molecule has 0 aliphatic carbocycles. The van der Waals surface area contributed by atoms with Crippen LogP contribution >= 0.6 is 11.3 Å². The van der Waals surface area contributed by atoms with Crippen molar-refractivity contribution in [1.82, 2.24) is 0 Å². The van der Waals surface area contributed by atoms with Crippen LogP contribution in [0.1, 0.15) is 19.4 Å². The highest BCUT2D eigenvalue weighted by atomic mass is 32.1. The number of methoxy groups -OCH3 is 1. The summed E-state index contributed by atoms with van der Waals surface area (Å²) >= 11 is 1.04. The van der Waals surface area contributed by atoms with E-state index in [9.17, 15) is 9.90 Å². The zero-order chi connectivity index (χ0) is 12.6. The van der Waals surface area contributed by atoms with E-state index in [2.05, 4.69) is 0 Å². The van der Waals surface area contributed by atoms with Crippen molar-refractivity contribution >= 4 is 21.6 Å². The summed E-state index contributed by atoms with van der Waals surface area (Å²) in [6, 6.07) is 3.54. The molecule has 1 aromatic carbocycles. The van der Waals surface area contributed by atoms with Gasteiger partial charge in [0.2, 0.25) is 0 Å². The summed E-state index contributed by atoms with van der Waals surface area (Å²) in [4.78, 5) is 10.8. The monoisotopic (exact) mass is 254 g/mol. The van der Waals surface area contributed by atoms with Gasteiger partial charge in [0.1, 0.15) is 11.3 Å². The van der Waals surface area contributed by atoms with E-state index >= 15 is 0 Å². The van der Waals surface area contributed by atoms with Gasteiger partial charge < -0.3 is 14.3 Å². The predicted molar refractivity (Wildman–Crippen MR) is 67.0 cm³/mol. The van der Waals surface area contributed by atoms with Gasteiger partial charge in [-0.05, 0) is 6.07 Å². The molecule has 4 nitrogen and oxygen atoms in total. The van der Waals surface area contributed by atoms with Crippen LogP contribution in [0.5, 0.6) is 5.75 Å². The average molecular weight is 254 g/mol. The molecular weight excluding hydrogens is 240 g/mol. The van der Waals surface area contributed by atoms with Gasteiger partial charge in [0, 0.05) is 17.0 Å². The molecule has 0 spiro atoms. The van der Waals surface area contributed by atoms with E-state index in [0.717, 1.165) is 21.6 Å². The second-order valence-electron chi connectivity index (χ2n) is 4.50. The van der Waals surface area contributed by atoms with Gasteiger partial charge in [0.25, 0.3) is 0 Å². The lowest BCUT2D eigenvalue weighted by atomic mass is 9.85. The van der Waals surface area contributed by atoms with Gasteiger partial charge in [-0.3, -0.25) is 0 Å². The fraction of sp³-hybridized carbons (Fsp3) is 0.417. The minimum atomic E-state index is -0.444. The third-order valence-corrected chi connectivity index (χ3v) is 3.57. The van der Waals surface area contributed by atoms with Gasteiger partial charge in [-0.1, -0.05) is 25.2 Å². The number of benzene rings is 1. The first kappa shape index (κ1) is 12.1. The maximum absolute atomic E-state index is 11.2. The number of fused-ring (bicyclic) bond motifs is 1. The molecule has 0 fully saturated rings. The smallest absolute Gasteiger partial charge is 0.396 e. The van der Waals surface area contributed by atoms with Crippen molar-refractivity contribution in [2.75, 3.05) is 13.7 Å². The van der Waals surface area contributed by atoms with Crippen LogP contribution in [0.25, 0.3) is 10.3 Å². The minimum Gasteiger partial charge on any atom is -0.496 e. The number of aliphatic hydroxyl groups is 1. The molecule has 2 aromatic rings. The molecule has 2 rings (SSSR count). The van der Waals surface area contributed by atoms with E-state index in [1.807, 2.05) is 13.8 Å². The van der Waals surface area contributed by atoms with E-state index < -0.39 is 5.41 Å². The Morgan fingerprint density at radius 1 is 1.47 bits per heavy atom. The number of ether oxygens (including phenoxy) is 1. The molecule has 5 heteroatoms. The van der Waals surface area contributed by atoms with Crippen LogP contribution in [0.4, 0.5) is 0 Å². The van der Waals surface area contributed by atoms with E-state index in [4.69, 9.17) is 9.15 Å². The largest absolute Gasteiger partial charge is 0.496 e. The van der Waals surface area contributed by atoms with Crippen molar-refractivity contribution in [1.29, 1.82) is 0 Å². The fourth-order valence-corrected chi connectivity index (χ4v) is 2.36. The van der Waals surface area contributed by atoms with Crippen molar-refractivity contribution in [3.05, 3.63) is 27.4 Å². The molecule has 0 aliphatic heterocycles. The average Bonchev–Trinajstić information content (AvgIpc) is 2.66. The molecule has 1 aromatic heterocycles. The van der Waals surface area contributed by atoms with Gasteiger partial charge in [-0.2, -0.15) is 0 Å². The van der Waals surface area contributed by atoms with Crippen LogP contribution in [-0.2, 0) is 5.41 Å². The zero-order valence-corrected chi connectivity index (χ0v) is 10.8. The molecule has 92 valence electrons. The minimum absolute atomic E-state index is 0.0107. The number of hydrogen-bond donors (Lipinski definition) is 1. The Hall–Kier alpha value is -1.33. The molecule has 0 aliphatic rings. The Balaban J connectivity index is 2.72. The van der Waals surface area contributed by atoms with Crippen LogP contribution in [-0.4, -0.2) is 18.8 Å². The Bertz CT molecular complexity index is 594. The molecule has 0 saturated carbocycles. The van der Waals surface area contributed by atoms with E-state index in [1.54, 1.807) is 19.2 Å². The van der Waals surface area contributed by atoms with E-state index in [0.29, 0.717) is 11.3 Å². The first-order chi connectivity index (χ1) is 7.97. The molecule has 0 amide bonds. The lowest BCUT2D eigenvalue weighted by Crippen LogP contribution is -2.22. The molecule has 0 atom stereocenters. The fourth-order valence-electron chi connectivity index (χ4n) is 1.68. The SMILES string of the molecule is COc1cc2sc(=O)oc2cc1C(C)(C)CO. The van der Waals surface area contributed by atoms with E-state index in [1.165, 1.54) is 0 Å². The van der Waals surface area contributed by atoms with Gasteiger partial charge in [0.15, 0.2) is 0 Å². The van der Waals surface area contributed by atoms with Gasteiger partial charge >= 0.3 is 4.94 Å². The summed E-state index contributed by atoms with van der Waals surface area (Å²) in [5.74, 6) is 0.661. The first-order valence-corrected chi connectivity index (χ1v) is 6.02. The molecule has 0 bridgehead atoms. The van der Waals surface area contributed by atoms with Crippen molar-refractivity contribution in [3.8, 4) is 5.75 Å². The zero-order valence-electron chi connectivity index (χ0n) is 9.94. The number of aliphatic hydroxyl groups excluding tert-OH is 1. The Labute approximate surface area is 102 Å². The van der Waals surface area contributed by atoms with E-state index in [-0.39, 0.29) is 11.5 Å². The Morgan fingerprint density at radius 2 is 2.18 bits per heavy atom. The van der Waals surface area contributed by atoms with Crippen molar-refractivity contribution < 1.29 is 14.3 Å². The van der Waals surface area contributed by atoms with Crippen LogP contribution in [0.15, 0.2) is 21.3 Å². The third-order valence-electron chi connectivity index (χ3n) is 2.78. The van der Waals surface area contributed by atoms with Crippen molar-refractivity contribution in [3.63, 3.8) is 0 Å². The molecule has 0 unspecified atom stereocenters. The predicted octanol–water partition coefficient (Wildman–Crippen LogP) is 2.13. The second-order valence-corrected chi connectivity index (χ2v) is 5.47. The van der Waals surface area contributed by atoms with Crippen LogP contribution in [0.2, 0.25) is 0 Å². The number of hydrogen-bond acceptors (Lipinski definition) is 5. The summed E-state index contributed by atoms with van der Waals surface area (Å²) in [7, 11) is 1.57. The summed E-state index contributed by atoms with van der Waals surface area (Å²) in [6.45, 7) is 3.80. The third kappa shape index (κ3) is 2.08. The molecular formula is C12H14O4S. The highest BCUT2D eigenvalue weighted by molar-refractivity contribution is 7.16. The highest BCUT2D eigenvalue weighted by Gasteiger charge is 2.25. The molecule has 17 heavy (non-hydrogen) atoms. The van der Waals surface area contributed by atoms with Crippen LogP contribution in [0.3, 0.4) is 0 Å². The first-order valence-electron chi connectivity index (χ1n) is 5.21. The van der Waals surface area contributed by atoms with Gasteiger partial charge in [0.05, 0.1) is 18.4 Å². The van der Waals surface area contributed by atoms with Gasteiger partial charge in [-0.25, -0.2) is 4.79 Å². The Morgan fingerprint density at radius 3 is 2.76 bits per heavy atom. The molecule has 1 N–H and O–H groups in total.